The highest BCUT2D eigenvalue weighted by Crippen LogP contribution is 2.29. The highest BCUT2D eigenvalue weighted by molar-refractivity contribution is 6.43. The fourth-order valence-electron chi connectivity index (χ4n) is 0.955. The van der Waals surface area contributed by atoms with Crippen LogP contribution in [0, 0.1) is 11.8 Å². The van der Waals surface area contributed by atoms with Gasteiger partial charge in [0.2, 0.25) is 0 Å². The highest BCUT2D eigenvalue weighted by atomic mass is 35.5. The standard InChI is InChI=1S/C10H6Cl3N3/c11-8-5-7(10(13)9(12)6-8)3-1-2-4-15-16-14/h5-6H,2,4H2. The normalized spacial score (nSPS) is 8.94. The molecule has 0 aliphatic heterocycles. The van der Waals surface area contributed by atoms with Gasteiger partial charge in [0.25, 0.3) is 0 Å². The SMILES string of the molecule is [N-]=[N+]=NCCC#Cc1cc(Cl)cc(Cl)c1Cl. The molecule has 0 bridgehead atoms. The molecule has 0 fully saturated rings. The van der Waals surface area contributed by atoms with Gasteiger partial charge in [0.1, 0.15) is 0 Å². The van der Waals surface area contributed by atoms with Crippen LogP contribution in [0.25, 0.3) is 10.4 Å². The molecule has 0 atom stereocenters. The smallest absolute Gasteiger partial charge is 0.0749 e. The predicted molar refractivity (Wildman–Crippen MR) is 67.0 cm³/mol. The Labute approximate surface area is 108 Å². The van der Waals surface area contributed by atoms with Gasteiger partial charge in [-0.15, -0.1) is 0 Å². The van der Waals surface area contributed by atoms with Gasteiger partial charge >= 0.3 is 0 Å². The minimum Gasteiger partial charge on any atom is -0.0977 e. The topological polar surface area (TPSA) is 48.8 Å². The summed E-state index contributed by atoms with van der Waals surface area (Å²) in [6.45, 7) is 0.329. The van der Waals surface area contributed by atoms with Gasteiger partial charge in [0.05, 0.1) is 10.0 Å². The number of nitrogens with zero attached hydrogens (tertiary/aromatic N) is 3. The Kier molecular flexibility index (Phi) is 5.31. The molecule has 0 aromatic heterocycles. The molecule has 0 aliphatic carbocycles. The van der Waals surface area contributed by atoms with E-state index >= 15 is 0 Å². The summed E-state index contributed by atoms with van der Waals surface area (Å²) in [6, 6.07) is 3.19. The quantitative estimate of drug-likeness (QED) is 0.187. The molecule has 1 aromatic carbocycles. The van der Waals surface area contributed by atoms with E-state index in [2.05, 4.69) is 21.9 Å². The second kappa shape index (κ2) is 6.52. The van der Waals surface area contributed by atoms with E-state index in [4.69, 9.17) is 40.3 Å². The lowest BCUT2D eigenvalue weighted by molar-refractivity contribution is 1.01. The van der Waals surface area contributed by atoms with Gasteiger partial charge in [-0.25, -0.2) is 0 Å². The van der Waals surface area contributed by atoms with E-state index in [-0.39, 0.29) is 0 Å². The Hall–Kier alpha value is -1.04. The fraction of sp³-hybridized carbons (Fsp3) is 0.200. The Morgan fingerprint density at radius 3 is 2.75 bits per heavy atom. The lowest BCUT2D eigenvalue weighted by Gasteiger charge is -1.99. The van der Waals surface area contributed by atoms with Crippen LogP contribution in [-0.2, 0) is 0 Å². The number of hydrogen-bond donors (Lipinski definition) is 0. The van der Waals surface area contributed by atoms with Gasteiger partial charge in [-0.05, 0) is 17.7 Å². The number of hydrogen-bond acceptors (Lipinski definition) is 1. The van der Waals surface area contributed by atoms with Crippen LogP contribution < -0.4 is 0 Å². The Morgan fingerprint density at radius 2 is 2.06 bits per heavy atom. The van der Waals surface area contributed by atoms with Crippen molar-refractivity contribution in [2.45, 2.75) is 6.42 Å². The van der Waals surface area contributed by atoms with Crippen molar-refractivity contribution in [3.05, 3.63) is 43.2 Å². The van der Waals surface area contributed by atoms with Crippen molar-refractivity contribution in [1.29, 1.82) is 0 Å². The van der Waals surface area contributed by atoms with Crippen molar-refractivity contribution in [2.24, 2.45) is 5.11 Å². The van der Waals surface area contributed by atoms with Crippen molar-refractivity contribution in [2.75, 3.05) is 6.54 Å². The zero-order valence-electron chi connectivity index (χ0n) is 8.04. The van der Waals surface area contributed by atoms with Crippen molar-refractivity contribution in [3.8, 4) is 11.8 Å². The van der Waals surface area contributed by atoms with Crippen LogP contribution in [0.5, 0.6) is 0 Å². The van der Waals surface area contributed by atoms with Crippen LogP contribution >= 0.6 is 34.8 Å². The molecule has 0 spiro atoms. The van der Waals surface area contributed by atoms with Crippen LogP contribution in [0.1, 0.15) is 12.0 Å². The molecule has 0 aliphatic rings. The zero-order valence-corrected chi connectivity index (χ0v) is 10.3. The molecule has 6 heteroatoms. The third kappa shape index (κ3) is 3.84. The molecule has 1 rings (SSSR count). The minimum atomic E-state index is 0.329. The van der Waals surface area contributed by atoms with E-state index < -0.39 is 0 Å². The number of halogens is 3. The molecule has 0 saturated carbocycles. The second-order valence-corrected chi connectivity index (χ2v) is 3.98. The lowest BCUT2D eigenvalue weighted by Crippen LogP contribution is -1.80. The van der Waals surface area contributed by atoms with E-state index in [0.29, 0.717) is 33.6 Å². The first-order chi connectivity index (χ1) is 7.65. The molecule has 16 heavy (non-hydrogen) atoms. The van der Waals surface area contributed by atoms with Gasteiger partial charge in [-0.2, -0.15) is 0 Å². The van der Waals surface area contributed by atoms with Gasteiger partial charge in [0.15, 0.2) is 0 Å². The molecule has 0 radical (unpaired) electrons. The highest BCUT2D eigenvalue weighted by Gasteiger charge is 2.04. The summed E-state index contributed by atoms with van der Waals surface area (Å²) >= 11 is 17.6. The fourth-order valence-corrected chi connectivity index (χ4v) is 1.61. The summed E-state index contributed by atoms with van der Waals surface area (Å²) < 4.78 is 0. The van der Waals surface area contributed by atoms with E-state index in [1.807, 2.05) is 0 Å². The average molecular weight is 275 g/mol. The zero-order chi connectivity index (χ0) is 12.0. The first kappa shape index (κ1) is 13.0. The third-order valence-electron chi connectivity index (χ3n) is 1.62. The summed E-state index contributed by atoms with van der Waals surface area (Å²) in [7, 11) is 0. The van der Waals surface area contributed by atoms with E-state index in [0.717, 1.165) is 0 Å². The largest absolute Gasteiger partial charge is 0.0977 e. The maximum Gasteiger partial charge on any atom is 0.0749 e. The van der Waals surface area contributed by atoms with Crippen molar-refractivity contribution in [1.82, 2.24) is 0 Å². The Morgan fingerprint density at radius 1 is 1.31 bits per heavy atom. The van der Waals surface area contributed by atoms with Crippen LogP contribution in [0.15, 0.2) is 17.2 Å². The van der Waals surface area contributed by atoms with Gasteiger partial charge in [-0.3, -0.25) is 0 Å². The molecular formula is C10H6Cl3N3. The summed E-state index contributed by atoms with van der Waals surface area (Å²) in [5, 5.41) is 4.58. The summed E-state index contributed by atoms with van der Waals surface area (Å²) in [5.74, 6) is 5.63. The van der Waals surface area contributed by atoms with Crippen LogP contribution in [0.2, 0.25) is 15.1 Å². The van der Waals surface area contributed by atoms with Crippen molar-refractivity contribution >= 4 is 34.8 Å². The van der Waals surface area contributed by atoms with Gasteiger partial charge in [-0.1, -0.05) is 51.8 Å². The molecular weight excluding hydrogens is 268 g/mol. The maximum atomic E-state index is 8.05. The number of benzene rings is 1. The molecule has 0 N–H and O–H groups in total. The third-order valence-corrected chi connectivity index (χ3v) is 2.64. The van der Waals surface area contributed by atoms with Crippen LogP contribution in [0.3, 0.4) is 0 Å². The second-order valence-electron chi connectivity index (χ2n) is 2.76. The molecule has 82 valence electrons. The summed E-state index contributed by atoms with van der Waals surface area (Å²) in [6.07, 6.45) is 0.463. The molecule has 0 unspecified atom stereocenters. The summed E-state index contributed by atoms with van der Waals surface area (Å²) in [4.78, 5) is 2.61. The first-order valence-corrected chi connectivity index (χ1v) is 5.43. The monoisotopic (exact) mass is 273 g/mol. The summed E-state index contributed by atoms with van der Waals surface area (Å²) in [5.41, 5.74) is 8.62. The van der Waals surface area contributed by atoms with E-state index in [1.54, 1.807) is 12.1 Å². The van der Waals surface area contributed by atoms with Crippen molar-refractivity contribution in [3.63, 3.8) is 0 Å². The molecule has 0 heterocycles. The first-order valence-electron chi connectivity index (χ1n) is 4.29. The molecule has 3 nitrogen and oxygen atoms in total. The number of azide groups is 1. The minimum absolute atomic E-state index is 0.329. The molecule has 0 saturated heterocycles. The number of rotatable bonds is 2. The Balaban J connectivity index is 2.84. The van der Waals surface area contributed by atoms with Gasteiger partial charge in [0, 0.05) is 28.5 Å². The maximum absolute atomic E-state index is 8.05. The molecule has 1 aromatic rings. The average Bonchev–Trinajstić information content (AvgIpc) is 2.24. The molecule has 0 amide bonds. The van der Waals surface area contributed by atoms with E-state index in [9.17, 15) is 0 Å². The van der Waals surface area contributed by atoms with Crippen LogP contribution in [0.4, 0.5) is 0 Å². The predicted octanol–water partition coefficient (Wildman–Crippen LogP) is 4.70. The van der Waals surface area contributed by atoms with E-state index in [1.165, 1.54) is 0 Å². The lowest BCUT2D eigenvalue weighted by atomic mass is 10.2. The van der Waals surface area contributed by atoms with Crippen molar-refractivity contribution < 1.29 is 0 Å². The van der Waals surface area contributed by atoms with Crippen LogP contribution in [-0.4, -0.2) is 6.54 Å². The van der Waals surface area contributed by atoms with Gasteiger partial charge < -0.3 is 0 Å². The Bertz CT molecular complexity index is 496.